The minimum atomic E-state index is -0.388. The van der Waals surface area contributed by atoms with E-state index in [4.69, 9.17) is 5.26 Å². The number of nitriles is 1. The van der Waals surface area contributed by atoms with Crippen LogP contribution < -0.4 is 5.32 Å². The van der Waals surface area contributed by atoms with Gasteiger partial charge in [-0.3, -0.25) is 4.98 Å². The lowest BCUT2D eigenvalue weighted by molar-refractivity contribution is 0.589. The van der Waals surface area contributed by atoms with Crippen LogP contribution in [0.5, 0.6) is 0 Å². The number of nitrogens with one attached hydrogen (secondary N) is 1. The molecule has 1 aromatic rings. The molecular weight excluding hydrogens is 162 g/mol. The molecule has 1 aliphatic heterocycles. The van der Waals surface area contributed by atoms with Crippen molar-refractivity contribution < 1.29 is 0 Å². The predicted molar refractivity (Wildman–Crippen MR) is 49.0 cm³/mol. The highest BCUT2D eigenvalue weighted by atomic mass is 14.9. The zero-order valence-electron chi connectivity index (χ0n) is 7.33. The van der Waals surface area contributed by atoms with Crippen LogP contribution in [0.2, 0.25) is 0 Å². The number of nitrogens with zero attached hydrogens (tertiary/aromatic N) is 2. The molecule has 3 heteroatoms. The van der Waals surface area contributed by atoms with Gasteiger partial charge in [-0.15, -0.1) is 0 Å². The van der Waals surface area contributed by atoms with Gasteiger partial charge in [-0.1, -0.05) is 6.07 Å². The van der Waals surface area contributed by atoms with Crippen LogP contribution in [0.4, 0.5) is 0 Å². The second kappa shape index (κ2) is 3.15. The molecule has 66 valence electrons. The summed E-state index contributed by atoms with van der Waals surface area (Å²) in [7, 11) is 0. The average Bonchev–Trinajstić information content (AvgIpc) is 2.69. The third kappa shape index (κ3) is 1.30. The molecule has 0 saturated carbocycles. The third-order valence-electron chi connectivity index (χ3n) is 2.52. The summed E-state index contributed by atoms with van der Waals surface area (Å²) in [6, 6.07) is 8.10. The number of hydrogen-bond donors (Lipinski definition) is 1. The van der Waals surface area contributed by atoms with Gasteiger partial charge in [0.1, 0.15) is 5.41 Å². The van der Waals surface area contributed by atoms with Gasteiger partial charge in [0.2, 0.25) is 0 Å². The normalized spacial score (nSPS) is 27.0. The Hall–Kier alpha value is -1.40. The van der Waals surface area contributed by atoms with E-state index in [0.29, 0.717) is 0 Å². The van der Waals surface area contributed by atoms with Crippen molar-refractivity contribution in [3.8, 4) is 6.07 Å². The molecule has 2 rings (SSSR count). The van der Waals surface area contributed by atoms with Crippen LogP contribution in [0.25, 0.3) is 0 Å². The number of aromatic nitrogens is 1. The quantitative estimate of drug-likeness (QED) is 0.684. The summed E-state index contributed by atoms with van der Waals surface area (Å²) in [6.45, 7) is 1.63. The minimum Gasteiger partial charge on any atom is -0.315 e. The molecule has 13 heavy (non-hydrogen) atoms. The van der Waals surface area contributed by atoms with E-state index in [1.807, 2.05) is 18.2 Å². The summed E-state index contributed by atoms with van der Waals surface area (Å²) in [4.78, 5) is 4.24. The molecule has 0 aromatic carbocycles. The molecule has 1 aromatic heterocycles. The SMILES string of the molecule is N#CC1(c2ccccn2)CCNC1. The van der Waals surface area contributed by atoms with Crippen LogP contribution >= 0.6 is 0 Å². The molecule has 1 aliphatic rings. The smallest absolute Gasteiger partial charge is 0.113 e. The lowest BCUT2D eigenvalue weighted by Gasteiger charge is -2.17. The minimum absolute atomic E-state index is 0.388. The monoisotopic (exact) mass is 173 g/mol. The van der Waals surface area contributed by atoms with Crippen molar-refractivity contribution in [2.75, 3.05) is 13.1 Å². The number of rotatable bonds is 1. The Morgan fingerprint density at radius 3 is 3.00 bits per heavy atom. The van der Waals surface area contributed by atoms with Crippen LogP contribution in [0.15, 0.2) is 24.4 Å². The second-order valence-electron chi connectivity index (χ2n) is 3.34. The van der Waals surface area contributed by atoms with Crippen molar-refractivity contribution in [1.29, 1.82) is 5.26 Å². The molecule has 1 N–H and O–H groups in total. The fourth-order valence-electron chi connectivity index (χ4n) is 1.71. The molecule has 3 nitrogen and oxygen atoms in total. The van der Waals surface area contributed by atoms with Crippen molar-refractivity contribution >= 4 is 0 Å². The number of hydrogen-bond acceptors (Lipinski definition) is 3. The Labute approximate surface area is 77.4 Å². The summed E-state index contributed by atoms with van der Waals surface area (Å²) in [6.07, 6.45) is 2.60. The lowest BCUT2D eigenvalue weighted by Crippen LogP contribution is -2.27. The van der Waals surface area contributed by atoms with E-state index in [9.17, 15) is 0 Å². The first-order valence-corrected chi connectivity index (χ1v) is 4.41. The van der Waals surface area contributed by atoms with Gasteiger partial charge in [-0.05, 0) is 25.1 Å². The highest BCUT2D eigenvalue weighted by molar-refractivity contribution is 5.28. The van der Waals surface area contributed by atoms with Crippen LogP contribution in [0, 0.1) is 11.3 Å². The fraction of sp³-hybridized carbons (Fsp3) is 0.400. The van der Waals surface area contributed by atoms with E-state index >= 15 is 0 Å². The van der Waals surface area contributed by atoms with E-state index in [0.717, 1.165) is 25.2 Å². The highest BCUT2D eigenvalue weighted by Crippen LogP contribution is 2.27. The Morgan fingerprint density at radius 1 is 1.54 bits per heavy atom. The summed E-state index contributed by atoms with van der Waals surface area (Å²) in [5.41, 5.74) is 0.504. The molecule has 1 fully saturated rings. The topological polar surface area (TPSA) is 48.7 Å². The molecule has 0 amide bonds. The summed E-state index contributed by atoms with van der Waals surface area (Å²) in [5.74, 6) is 0. The maximum Gasteiger partial charge on any atom is 0.113 e. The van der Waals surface area contributed by atoms with Crippen molar-refractivity contribution in [2.45, 2.75) is 11.8 Å². The van der Waals surface area contributed by atoms with Gasteiger partial charge in [0.05, 0.1) is 11.8 Å². The zero-order chi connectivity index (χ0) is 9.15. The molecule has 1 unspecified atom stereocenters. The summed E-state index contributed by atoms with van der Waals surface area (Å²) in [5, 5.41) is 12.3. The third-order valence-corrected chi connectivity index (χ3v) is 2.52. The van der Waals surface area contributed by atoms with Gasteiger partial charge in [-0.25, -0.2) is 0 Å². The molecule has 0 spiro atoms. The maximum atomic E-state index is 9.14. The molecular formula is C10H11N3. The van der Waals surface area contributed by atoms with Gasteiger partial charge in [0.25, 0.3) is 0 Å². The maximum absolute atomic E-state index is 9.14. The van der Waals surface area contributed by atoms with E-state index in [-0.39, 0.29) is 5.41 Å². The Kier molecular flexibility index (Phi) is 1.99. The van der Waals surface area contributed by atoms with Crippen LogP contribution in [0.1, 0.15) is 12.1 Å². The van der Waals surface area contributed by atoms with Gasteiger partial charge in [0.15, 0.2) is 0 Å². The van der Waals surface area contributed by atoms with Crippen molar-refractivity contribution in [1.82, 2.24) is 10.3 Å². The van der Waals surface area contributed by atoms with Gasteiger partial charge in [0, 0.05) is 12.7 Å². The Bertz CT molecular complexity index is 320. The van der Waals surface area contributed by atoms with Crippen LogP contribution in [0.3, 0.4) is 0 Å². The molecule has 0 bridgehead atoms. The van der Waals surface area contributed by atoms with Gasteiger partial charge < -0.3 is 5.32 Å². The van der Waals surface area contributed by atoms with E-state index in [1.165, 1.54) is 0 Å². The largest absolute Gasteiger partial charge is 0.315 e. The second-order valence-corrected chi connectivity index (χ2v) is 3.34. The van der Waals surface area contributed by atoms with E-state index in [2.05, 4.69) is 16.4 Å². The van der Waals surface area contributed by atoms with Crippen LogP contribution in [-0.2, 0) is 5.41 Å². The van der Waals surface area contributed by atoms with Gasteiger partial charge in [-0.2, -0.15) is 5.26 Å². The predicted octanol–water partition coefficient (Wildman–Crippen LogP) is 0.836. The summed E-state index contributed by atoms with van der Waals surface area (Å²) >= 11 is 0. The molecule has 1 saturated heterocycles. The summed E-state index contributed by atoms with van der Waals surface area (Å²) < 4.78 is 0. The Balaban J connectivity index is 2.38. The Morgan fingerprint density at radius 2 is 2.46 bits per heavy atom. The van der Waals surface area contributed by atoms with Crippen molar-refractivity contribution in [3.05, 3.63) is 30.1 Å². The molecule has 2 heterocycles. The van der Waals surface area contributed by atoms with Gasteiger partial charge >= 0.3 is 0 Å². The first kappa shape index (κ1) is 8.21. The number of pyridine rings is 1. The average molecular weight is 173 g/mol. The van der Waals surface area contributed by atoms with E-state index < -0.39 is 0 Å². The first-order chi connectivity index (χ1) is 6.37. The van der Waals surface area contributed by atoms with E-state index in [1.54, 1.807) is 6.20 Å². The molecule has 0 aliphatic carbocycles. The van der Waals surface area contributed by atoms with Crippen molar-refractivity contribution in [2.24, 2.45) is 0 Å². The molecule has 1 atom stereocenters. The highest BCUT2D eigenvalue weighted by Gasteiger charge is 2.36. The zero-order valence-corrected chi connectivity index (χ0v) is 7.33. The van der Waals surface area contributed by atoms with Crippen molar-refractivity contribution in [3.63, 3.8) is 0 Å². The molecule has 0 radical (unpaired) electrons. The standard InChI is InChI=1S/C10H11N3/c11-7-10(4-6-12-8-10)9-3-1-2-5-13-9/h1-3,5,12H,4,6,8H2. The van der Waals surface area contributed by atoms with Crippen LogP contribution in [-0.4, -0.2) is 18.1 Å². The first-order valence-electron chi connectivity index (χ1n) is 4.41. The lowest BCUT2D eigenvalue weighted by atomic mass is 9.85. The fourth-order valence-corrected chi connectivity index (χ4v) is 1.71.